The number of amides is 1. The summed E-state index contributed by atoms with van der Waals surface area (Å²) in [7, 11) is 0.286. The first kappa shape index (κ1) is 22.4. The average molecular weight is 448 g/mol. The third-order valence-corrected chi connectivity index (χ3v) is 7.58. The number of hydrogen-bond donors (Lipinski definition) is 0. The number of nitrogens with zero attached hydrogens (tertiary/aromatic N) is 2. The van der Waals surface area contributed by atoms with Crippen molar-refractivity contribution in [3.63, 3.8) is 0 Å². The molecule has 0 saturated carbocycles. The zero-order valence-corrected chi connectivity index (χ0v) is 19.2. The van der Waals surface area contributed by atoms with E-state index in [4.69, 9.17) is 13.8 Å². The molecule has 30 heavy (non-hydrogen) atoms. The molecule has 1 aromatic heterocycles. The van der Waals surface area contributed by atoms with Crippen molar-refractivity contribution in [2.24, 2.45) is 12.0 Å². The number of ether oxygens (including phenoxy) is 1. The van der Waals surface area contributed by atoms with Gasteiger partial charge in [-0.25, -0.2) is 0 Å². The molecule has 0 bridgehead atoms. The molecular weight excluding hydrogens is 423 g/mol. The fraction of sp³-hybridized carbons (Fsp3) is 0.333. The van der Waals surface area contributed by atoms with Gasteiger partial charge in [-0.05, 0) is 43.7 Å². The molecule has 0 atom stereocenters. The molecule has 160 valence electrons. The number of hydrogen-bond acceptors (Lipinski definition) is 6. The summed E-state index contributed by atoms with van der Waals surface area (Å²) in [6, 6.07) is 12.6. The lowest BCUT2D eigenvalue weighted by Crippen LogP contribution is -2.13. The van der Waals surface area contributed by atoms with E-state index in [1.807, 2.05) is 29.8 Å². The minimum atomic E-state index is -3.19. The predicted molar refractivity (Wildman–Crippen MR) is 118 cm³/mol. The van der Waals surface area contributed by atoms with E-state index in [0.29, 0.717) is 23.6 Å². The van der Waals surface area contributed by atoms with Crippen LogP contribution < -0.4 is 9.54 Å². The summed E-state index contributed by atoms with van der Waals surface area (Å²) >= 11 is 1.42. The molecule has 1 amide bonds. The zero-order valence-electron chi connectivity index (χ0n) is 17.5. The maximum absolute atomic E-state index is 12.7. The molecule has 0 N–H and O–H groups in total. The molecule has 7 nitrogen and oxygen atoms in total. The second-order valence-electron chi connectivity index (χ2n) is 6.47. The maximum Gasteiger partial charge on any atom is 0.335 e. The van der Waals surface area contributed by atoms with Gasteiger partial charge in [-0.2, -0.15) is 4.99 Å². The number of rotatable bonds is 8. The highest BCUT2D eigenvalue weighted by Crippen LogP contribution is 2.51. The normalized spacial score (nSPS) is 12.5. The Kier molecular flexibility index (Phi) is 7.26. The Hall–Kier alpha value is -2.25. The van der Waals surface area contributed by atoms with Gasteiger partial charge in [0.05, 0.1) is 31.2 Å². The van der Waals surface area contributed by atoms with Crippen LogP contribution in [0.1, 0.15) is 29.8 Å². The van der Waals surface area contributed by atoms with Crippen LogP contribution in [-0.2, 0) is 26.8 Å². The van der Waals surface area contributed by atoms with Crippen molar-refractivity contribution in [1.29, 1.82) is 0 Å². The van der Waals surface area contributed by atoms with Crippen molar-refractivity contribution >= 4 is 35.1 Å². The third-order valence-electron chi connectivity index (χ3n) is 4.43. The van der Waals surface area contributed by atoms with Crippen LogP contribution in [0.2, 0.25) is 0 Å². The number of carbonyl (C=O) groups excluding carboxylic acids is 1. The number of aromatic nitrogens is 1. The number of para-hydroxylation sites is 1. The number of thiazole rings is 1. The van der Waals surface area contributed by atoms with Gasteiger partial charge in [0.2, 0.25) is 0 Å². The van der Waals surface area contributed by atoms with Gasteiger partial charge in [-0.15, -0.1) is 0 Å². The van der Waals surface area contributed by atoms with Gasteiger partial charge >= 0.3 is 7.60 Å². The molecule has 9 heteroatoms. The molecule has 0 spiro atoms. The van der Waals surface area contributed by atoms with Crippen molar-refractivity contribution in [2.75, 3.05) is 20.3 Å². The SMILES string of the molecule is CCOP(=O)(Cc1ccc(C(=O)N=c2sc3cccc(OC)c3n2C)cc1)OCC. The maximum atomic E-state index is 12.7. The van der Waals surface area contributed by atoms with E-state index >= 15 is 0 Å². The quantitative estimate of drug-likeness (QED) is 0.465. The lowest BCUT2D eigenvalue weighted by molar-refractivity contribution is 0.0998. The van der Waals surface area contributed by atoms with Crippen LogP contribution in [0, 0.1) is 0 Å². The zero-order chi connectivity index (χ0) is 21.7. The first-order valence-electron chi connectivity index (χ1n) is 9.59. The molecule has 0 radical (unpaired) electrons. The van der Waals surface area contributed by atoms with E-state index in [0.717, 1.165) is 21.5 Å². The van der Waals surface area contributed by atoms with E-state index in [1.165, 1.54) is 11.3 Å². The van der Waals surface area contributed by atoms with Crippen molar-refractivity contribution in [2.45, 2.75) is 20.0 Å². The van der Waals surface area contributed by atoms with Crippen LogP contribution in [0.4, 0.5) is 0 Å². The Labute approximate surface area is 179 Å². The molecule has 0 aliphatic carbocycles. The van der Waals surface area contributed by atoms with Crippen LogP contribution >= 0.6 is 18.9 Å². The van der Waals surface area contributed by atoms with Gasteiger partial charge in [-0.1, -0.05) is 29.5 Å². The van der Waals surface area contributed by atoms with Crippen LogP contribution in [0.15, 0.2) is 47.5 Å². The molecular formula is C21H25N2O5PS. The number of fused-ring (bicyclic) bond motifs is 1. The van der Waals surface area contributed by atoms with Gasteiger partial charge in [0.1, 0.15) is 11.3 Å². The monoisotopic (exact) mass is 448 g/mol. The van der Waals surface area contributed by atoms with Crippen LogP contribution in [0.3, 0.4) is 0 Å². The van der Waals surface area contributed by atoms with Crippen LogP contribution in [0.5, 0.6) is 5.75 Å². The lowest BCUT2D eigenvalue weighted by atomic mass is 10.1. The highest BCUT2D eigenvalue weighted by atomic mass is 32.1. The van der Waals surface area contributed by atoms with E-state index in [1.54, 1.807) is 45.2 Å². The second kappa shape index (κ2) is 9.71. The van der Waals surface area contributed by atoms with Crippen molar-refractivity contribution in [3.8, 4) is 5.75 Å². The summed E-state index contributed by atoms with van der Waals surface area (Å²) in [5.74, 6) is 0.387. The highest BCUT2D eigenvalue weighted by Gasteiger charge is 2.24. The Bertz CT molecular complexity index is 1140. The van der Waals surface area contributed by atoms with Crippen molar-refractivity contribution in [1.82, 2.24) is 4.57 Å². The molecule has 3 aromatic rings. The van der Waals surface area contributed by atoms with E-state index < -0.39 is 7.60 Å². The number of methoxy groups -OCH3 is 1. The fourth-order valence-electron chi connectivity index (χ4n) is 3.09. The number of carbonyl (C=O) groups is 1. The van der Waals surface area contributed by atoms with Gasteiger partial charge in [0, 0.05) is 12.6 Å². The Balaban J connectivity index is 1.86. The first-order chi connectivity index (χ1) is 14.4. The van der Waals surface area contributed by atoms with E-state index in [-0.39, 0.29) is 12.1 Å². The summed E-state index contributed by atoms with van der Waals surface area (Å²) in [6.07, 6.45) is 0.158. The Morgan fingerprint density at radius 1 is 1.10 bits per heavy atom. The van der Waals surface area contributed by atoms with Crippen LogP contribution in [-0.4, -0.2) is 30.8 Å². The van der Waals surface area contributed by atoms with Gasteiger partial charge in [0.25, 0.3) is 5.91 Å². The molecule has 2 aromatic carbocycles. The Morgan fingerprint density at radius 2 is 1.77 bits per heavy atom. The van der Waals surface area contributed by atoms with Gasteiger partial charge < -0.3 is 18.4 Å². The highest BCUT2D eigenvalue weighted by molar-refractivity contribution is 7.53. The molecule has 1 heterocycles. The summed E-state index contributed by atoms with van der Waals surface area (Å²) in [6.45, 7) is 4.17. The first-order valence-corrected chi connectivity index (χ1v) is 12.1. The van der Waals surface area contributed by atoms with E-state index in [9.17, 15) is 9.36 Å². The average Bonchev–Trinajstić information content (AvgIpc) is 3.04. The van der Waals surface area contributed by atoms with Gasteiger partial charge in [-0.3, -0.25) is 9.36 Å². The lowest BCUT2D eigenvalue weighted by Gasteiger charge is -2.16. The molecule has 3 rings (SSSR count). The summed E-state index contributed by atoms with van der Waals surface area (Å²) in [5, 5.41) is 0. The Morgan fingerprint density at radius 3 is 2.37 bits per heavy atom. The number of aryl methyl sites for hydroxylation is 1. The molecule has 0 unspecified atom stereocenters. The topological polar surface area (TPSA) is 79.1 Å². The largest absolute Gasteiger partial charge is 0.495 e. The number of benzene rings is 2. The fourth-order valence-corrected chi connectivity index (χ4v) is 5.83. The second-order valence-corrected chi connectivity index (χ2v) is 9.53. The minimum absolute atomic E-state index is 0.158. The molecule has 0 saturated heterocycles. The molecule has 0 aliphatic heterocycles. The molecule has 0 fully saturated rings. The summed E-state index contributed by atoms with van der Waals surface area (Å²) in [4.78, 5) is 17.6. The predicted octanol–water partition coefficient (Wildman–Crippen LogP) is 4.76. The van der Waals surface area contributed by atoms with E-state index in [2.05, 4.69) is 4.99 Å². The summed E-state index contributed by atoms with van der Waals surface area (Å²) in [5.41, 5.74) is 2.12. The molecule has 0 aliphatic rings. The van der Waals surface area contributed by atoms with Crippen molar-refractivity contribution in [3.05, 3.63) is 58.4 Å². The third kappa shape index (κ3) is 4.90. The minimum Gasteiger partial charge on any atom is -0.495 e. The standard InChI is InChI=1S/C21H25N2O5PS/c1-5-27-29(25,28-6-2)14-15-10-12-16(13-11-15)20(24)22-21-23(3)19-17(26-4)8-7-9-18(19)30-21/h7-13H,5-6,14H2,1-4H3. The smallest absolute Gasteiger partial charge is 0.335 e. The van der Waals surface area contributed by atoms with Gasteiger partial charge in [0.15, 0.2) is 4.80 Å². The van der Waals surface area contributed by atoms with Crippen LogP contribution in [0.25, 0.3) is 10.2 Å². The summed E-state index contributed by atoms with van der Waals surface area (Å²) < 4.78 is 31.6. The van der Waals surface area contributed by atoms with Crippen molar-refractivity contribution < 1.29 is 23.1 Å².